The Labute approximate surface area is 169 Å². The fourth-order valence-corrected chi connectivity index (χ4v) is 3.11. The Balaban J connectivity index is 1.82. The minimum Gasteiger partial charge on any atom is -0.497 e. The summed E-state index contributed by atoms with van der Waals surface area (Å²) < 4.78 is 6.62. The van der Waals surface area contributed by atoms with Crippen molar-refractivity contribution in [3.63, 3.8) is 0 Å². The smallest absolute Gasteiger partial charge is 0.272 e. The number of hydrogen-bond acceptors (Lipinski definition) is 3. The van der Waals surface area contributed by atoms with Crippen LogP contribution in [0.25, 0.3) is 22.4 Å². The second kappa shape index (κ2) is 8.40. The summed E-state index contributed by atoms with van der Waals surface area (Å²) in [4.78, 5) is 13.0. The molecular weight excluding hydrogens is 360 g/mol. The molecule has 4 rings (SSSR count). The van der Waals surface area contributed by atoms with E-state index in [0.29, 0.717) is 0 Å². The number of aromatic nitrogens is 1. The number of rotatable bonds is 5. The molecule has 0 aliphatic rings. The van der Waals surface area contributed by atoms with E-state index >= 15 is 0 Å². The minimum atomic E-state index is -0.185. The standard InChI is InChI=1S/C25H20N2O2/c1-29-23-14-12-19(13-15-23)18-26-27-24(21-10-6-3-7-11-21)16-22(17-25(27)28)20-8-4-2-5-9-20/h2-18H,1H3/b26-18-. The molecule has 0 atom stereocenters. The van der Waals surface area contributed by atoms with Gasteiger partial charge in [-0.2, -0.15) is 9.78 Å². The van der Waals surface area contributed by atoms with Crippen molar-refractivity contribution in [1.82, 2.24) is 4.68 Å². The maximum absolute atomic E-state index is 13.0. The maximum Gasteiger partial charge on any atom is 0.272 e. The molecule has 4 aromatic rings. The van der Waals surface area contributed by atoms with Crippen LogP contribution in [0.3, 0.4) is 0 Å². The molecule has 0 N–H and O–H groups in total. The van der Waals surface area contributed by atoms with Crippen molar-refractivity contribution in [2.45, 2.75) is 0 Å². The van der Waals surface area contributed by atoms with E-state index in [1.807, 2.05) is 91.0 Å². The number of ether oxygens (including phenoxy) is 1. The quantitative estimate of drug-likeness (QED) is 0.454. The van der Waals surface area contributed by atoms with Gasteiger partial charge in [0, 0.05) is 11.6 Å². The first-order chi connectivity index (χ1) is 14.2. The SMILES string of the molecule is COc1ccc(/C=N\n2c(-c3ccccc3)cc(-c3ccccc3)cc2=O)cc1. The van der Waals surface area contributed by atoms with Crippen LogP contribution < -0.4 is 10.3 Å². The summed E-state index contributed by atoms with van der Waals surface area (Å²) in [6.45, 7) is 0. The molecule has 0 aliphatic carbocycles. The van der Waals surface area contributed by atoms with Crippen molar-refractivity contribution < 1.29 is 4.74 Å². The predicted molar refractivity (Wildman–Crippen MR) is 118 cm³/mol. The van der Waals surface area contributed by atoms with Gasteiger partial charge in [0.15, 0.2) is 0 Å². The summed E-state index contributed by atoms with van der Waals surface area (Å²) in [7, 11) is 1.63. The van der Waals surface area contributed by atoms with E-state index in [1.165, 1.54) is 4.68 Å². The average molecular weight is 380 g/mol. The molecule has 0 saturated heterocycles. The van der Waals surface area contributed by atoms with E-state index < -0.39 is 0 Å². The van der Waals surface area contributed by atoms with E-state index in [-0.39, 0.29) is 5.56 Å². The third-order valence-corrected chi connectivity index (χ3v) is 4.62. The molecule has 0 amide bonds. The Morgan fingerprint density at radius 2 is 1.38 bits per heavy atom. The largest absolute Gasteiger partial charge is 0.497 e. The lowest BCUT2D eigenvalue weighted by atomic mass is 10.0. The van der Waals surface area contributed by atoms with Crippen molar-refractivity contribution in [1.29, 1.82) is 0 Å². The van der Waals surface area contributed by atoms with Gasteiger partial charge in [-0.1, -0.05) is 60.7 Å². The average Bonchev–Trinajstić information content (AvgIpc) is 2.79. The topological polar surface area (TPSA) is 43.6 Å². The molecule has 0 bridgehead atoms. The van der Waals surface area contributed by atoms with Crippen LogP contribution in [0.4, 0.5) is 0 Å². The zero-order chi connectivity index (χ0) is 20.1. The fourth-order valence-electron chi connectivity index (χ4n) is 3.11. The van der Waals surface area contributed by atoms with Gasteiger partial charge in [0.25, 0.3) is 5.56 Å². The van der Waals surface area contributed by atoms with E-state index in [1.54, 1.807) is 19.4 Å². The molecule has 0 radical (unpaired) electrons. The Kier molecular flexibility index (Phi) is 5.34. The van der Waals surface area contributed by atoms with Crippen LogP contribution in [0.1, 0.15) is 5.56 Å². The summed E-state index contributed by atoms with van der Waals surface area (Å²) in [5, 5.41) is 4.48. The third-order valence-electron chi connectivity index (χ3n) is 4.62. The normalized spacial score (nSPS) is 10.9. The van der Waals surface area contributed by atoms with Gasteiger partial charge in [-0.05, 0) is 47.0 Å². The van der Waals surface area contributed by atoms with Crippen LogP contribution in [0.2, 0.25) is 0 Å². The minimum absolute atomic E-state index is 0.185. The lowest BCUT2D eigenvalue weighted by Gasteiger charge is -2.11. The van der Waals surface area contributed by atoms with Gasteiger partial charge in [-0.15, -0.1) is 0 Å². The second-order valence-electron chi connectivity index (χ2n) is 6.53. The Bertz CT molecular complexity index is 1180. The van der Waals surface area contributed by atoms with Crippen LogP contribution in [0, 0.1) is 0 Å². The predicted octanol–water partition coefficient (Wildman–Crippen LogP) is 5.07. The first kappa shape index (κ1) is 18.4. The molecule has 1 aromatic heterocycles. The van der Waals surface area contributed by atoms with Crippen molar-refractivity contribution in [2.24, 2.45) is 5.10 Å². The first-order valence-electron chi connectivity index (χ1n) is 9.31. The molecule has 0 fully saturated rings. The molecule has 0 aliphatic heterocycles. The highest BCUT2D eigenvalue weighted by molar-refractivity contribution is 5.80. The van der Waals surface area contributed by atoms with E-state index in [9.17, 15) is 4.79 Å². The van der Waals surface area contributed by atoms with Gasteiger partial charge >= 0.3 is 0 Å². The van der Waals surface area contributed by atoms with Gasteiger partial charge in [-0.25, -0.2) is 0 Å². The summed E-state index contributed by atoms with van der Waals surface area (Å²) in [5.41, 5.74) is 4.22. The van der Waals surface area contributed by atoms with Gasteiger partial charge in [0.1, 0.15) is 5.75 Å². The molecule has 0 saturated carbocycles. The van der Waals surface area contributed by atoms with E-state index in [4.69, 9.17) is 4.74 Å². The van der Waals surface area contributed by atoms with Crippen molar-refractivity contribution in [3.8, 4) is 28.1 Å². The molecule has 29 heavy (non-hydrogen) atoms. The fraction of sp³-hybridized carbons (Fsp3) is 0.0400. The monoisotopic (exact) mass is 380 g/mol. The highest BCUT2D eigenvalue weighted by Gasteiger charge is 2.09. The van der Waals surface area contributed by atoms with Crippen LogP contribution in [0.5, 0.6) is 5.75 Å². The number of pyridine rings is 1. The molecule has 0 spiro atoms. The first-order valence-corrected chi connectivity index (χ1v) is 9.31. The number of nitrogens with zero attached hydrogens (tertiary/aromatic N) is 2. The van der Waals surface area contributed by atoms with Crippen molar-refractivity contribution in [3.05, 3.63) is 113 Å². The lowest BCUT2D eigenvalue weighted by Crippen LogP contribution is -2.17. The van der Waals surface area contributed by atoms with E-state index in [0.717, 1.165) is 33.7 Å². The molecule has 3 aromatic carbocycles. The Morgan fingerprint density at radius 3 is 2.00 bits per heavy atom. The van der Waals surface area contributed by atoms with Crippen molar-refractivity contribution in [2.75, 3.05) is 7.11 Å². The molecule has 0 unspecified atom stereocenters. The van der Waals surface area contributed by atoms with Gasteiger partial charge in [-0.3, -0.25) is 4.79 Å². The molecule has 4 nitrogen and oxygen atoms in total. The summed E-state index contributed by atoms with van der Waals surface area (Å²) >= 11 is 0. The van der Waals surface area contributed by atoms with Crippen LogP contribution in [0.15, 0.2) is 107 Å². The van der Waals surface area contributed by atoms with Gasteiger partial charge in [0.2, 0.25) is 0 Å². The van der Waals surface area contributed by atoms with Crippen LogP contribution in [-0.4, -0.2) is 18.0 Å². The third kappa shape index (κ3) is 4.17. The maximum atomic E-state index is 13.0. The summed E-state index contributed by atoms with van der Waals surface area (Å²) in [6, 6.07) is 30.8. The zero-order valence-corrected chi connectivity index (χ0v) is 16.0. The molecule has 1 heterocycles. The highest BCUT2D eigenvalue weighted by atomic mass is 16.5. The molecular formula is C25H20N2O2. The summed E-state index contributed by atoms with van der Waals surface area (Å²) in [5.74, 6) is 0.775. The lowest BCUT2D eigenvalue weighted by molar-refractivity contribution is 0.415. The number of hydrogen-bond donors (Lipinski definition) is 0. The Morgan fingerprint density at radius 1 is 0.759 bits per heavy atom. The molecule has 142 valence electrons. The molecule has 4 heteroatoms. The van der Waals surface area contributed by atoms with E-state index in [2.05, 4.69) is 5.10 Å². The van der Waals surface area contributed by atoms with Gasteiger partial charge < -0.3 is 4.74 Å². The second-order valence-corrected chi connectivity index (χ2v) is 6.53. The Hall–Kier alpha value is -3.92. The van der Waals surface area contributed by atoms with Gasteiger partial charge in [0.05, 0.1) is 19.0 Å². The zero-order valence-electron chi connectivity index (χ0n) is 16.0. The highest BCUT2D eigenvalue weighted by Crippen LogP contribution is 2.24. The number of benzene rings is 3. The number of methoxy groups -OCH3 is 1. The van der Waals surface area contributed by atoms with Crippen LogP contribution >= 0.6 is 0 Å². The van der Waals surface area contributed by atoms with Crippen LogP contribution in [-0.2, 0) is 0 Å². The summed E-state index contributed by atoms with van der Waals surface area (Å²) in [6.07, 6.45) is 1.68. The van der Waals surface area contributed by atoms with Crippen molar-refractivity contribution >= 4 is 6.21 Å².